The molecular formula is C13H25N3OS. The van der Waals surface area contributed by atoms with Crippen molar-refractivity contribution in [2.75, 3.05) is 44.2 Å². The Morgan fingerprint density at radius 2 is 2.11 bits per heavy atom. The van der Waals surface area contributed by atoms with Gasteiger partial charge in [0.25, 0.3) is 0 Å². The minimum absolute atomic E-state index is 0.173. The van der Waals surface area contributed by atoms with Gasteiger partial charge in [-0.05, 0) is 25.3 Å². The number of thioether (sulfide) groups is 1. The molecule has 0 bridgehead atoms. The van der Waals surface area contributed by atoms with Crippen LogP contribution in [-0.4, -0.2) is 55.0 Å². The number of nitrogens with two attached hydrogens (primary N) is 1. The van der Waals surface area contributed by atoms with E-state index in [2.05, 4.69) is 10.2 Å². The van der Waals surface area contributed by atoms with E-state index in [4.69, 9.17) is 5.73 Å². The number of carbonyl (C=O) groups is 1. The molecule has 4 nitrogen and oxygen atoms in total. The molecule has 1 amide bonds. The van der Waals surface area contributed by atoms with Crippen molar-refractivity contribution in [1.82, 2.24) is 10.2 Å². The summed E-state index contributed by atoms with van der Waals surface area (Å²) in [5.74, 6) is 3.27. The van der Waals surface area contributed by atoms with Crippen molar-refractivity contribution in [3.05, 3.63) is 0 Å². The molecule has 0 radical (unpaired) electrons. The summed E-state index contributed by atoms with van der Waals surface area (Å²) < 4.78 is 0. The molecule has 18 heavy (non-hydrogen) atoms. The van der Waals surface area contributed by atoms with Crippen molar-refractivity contribution in [3.8, 4) is 0 Å². The van der Waals surface area contributed by atoms with Crippen molar-refractivity contribution in [2.24, 2.45) is 17.6 Å². The summed E-state index contributed by atoms with van der Waals surface area (Å²) in [4.78, 5) is 14.5. The number of hydrogen-bond acceptors (Lipinski definition) is 4. The summed E-state index contributed by atoms with van der Waals surface area (Å²) >= 11 is 2.02. The lowest BCUT2D eigenvalue weighted by Gasteiger charge is -2.26. The highest BCUT2D eigenvalue weighted by atomic mass is 32.2. The Bertz CT molecular complexity index is 269. The summed E-state index contributed by atoms with van der Waals surface area (Å²) in [7, 11) is 0. The Labute approximate surface area is 114 Å². The zero-order valence-electron chi connectivity index (χ0n) is 11.1. The summed E-state index contributed by atoms with van der Waals surface area (Å²) in [5, 5.41) is 3.09. The predicted molar refractivity (Wildman–Crippen MR) is 76.7 cm³/mol. The van der Waals surface area contributed by atoms with E-state index in [0.29, 0.717) is 12.5 Å². The molecule has 1 saturated carbocycles. The van der Waals surface area contributed by atoms with Crippen LogP contribution < -0.4 is 11.1 Å². The highest BCUT2D eigenvalue weighted by Crippen LogP contribution is 2.30. The van der Waals surface area contributed by atoms with E-state index in [-0.39, 0.29) is 11.8 Å². The first-order valence-corrected chi connectivity index (χ1v) is 8.24. The van der Waals surface area contributed by atoms with Crippen LogP contribution >= 0.6 is 11.8 Å². The number of nitrogens with zero attached hydrogens (tertiary/aromatic N) is 1. The van der Waals surface area contributed by atoms with Gasteiger partial charge in [-0.15, -0.1) is 0 Å². The average molecular weight is 271 g/mol. The quantitative estimate of drug-likeness (QED) is 0.766. The average Bonchev–Trinajstić information content (AvgIpc) is 2.88. The molecule has 1 saturated heterocycles. The second-order valence-corrected chi connectivity index (χ2v) is 6.50. The molecule has 2 aliphatic rings. The van der Waals surface area contributed by atoms with Crippen LogP contribution in [0.3, 0.4) is 0 Å². The Hall–Kier alpha value is -0.260. The largest absolute Gasteiger partial charge is 0.355 e. The summed E-state index contributed by atoms with van der Waals surface area (Å²) in [6.07, 6.45) is 3.30. The molecule has 5 heteroatoms. The summed E-state index contributed by atoms with van der Waals surface area (Å²) in [5.41, 5.74) is 5.72. The van der Waals surface area contributed by atoms with Crippen LogP contribution in [0.25, 0.3) is 0 Å². The van der Waals surface area contributed by atoms with Crippen LogP contribution in [0.5, 0.6) is 0 Å². The van der Waals surface area contributed by atoms with E-state index >= 15 is 0 Å². The second-order valence-electron chi connectivity index (χ2n) is 5.28. The van der Waals surface area contributed by atoms with Crippen LogP contribution in [-0.2, 0) is 4.79 Å². The van der Waals surface area contributed by atoms with E-state index < -0.39 is 0 Å². The maximum absolute atomic E-state index is 12.1. The van der Waals surface area contributed by atoms with Crippen molar-refractivity contribution in [1.29, 1.82) is 0 Å². The normalized spacial score (nSPS) is 29.4. The zero-order valence-corrected chi connectivity index (χ0v) is 11.9. The zero-order chi connectivity index (χ0) is 12.8. The standard InChI is InChI=1S/C13H25N3OS/c14-10-11-2-1-3-12(11)13(17)15-4-5-16-6-8-18-9-7-16/h11-12H,1-10,14H2,(H,15,17). The van der Waals surface area contributed by atoms with E-state index in [1.54, 1.807) is 0 Å². The van der Waals surface area contributed by atoms with Crippen molar-refractivity contribution < 1.29 is 4.79 Å². The molecule has 2 fully saturated rings. The van der Waals surface area contributed by atoms with Gasteiger partial charge in [0.2, 0.25) is 5.91 Å². The molecule has 1 aliphatic heterocycles. The molecule has 2 atom stereocenters. The van der Waals surface area contributed by atoms with Crippen LogP contribution in [0.2, 0.25) is 0 Å². The smallest absolute Gasteiger partial charge is 0.223 e. The molecule has 1 aliphatic carbocycles. The van der Waals surface area contributed by atoms with E-state index in [1.807, 2.05) is 11.8 Å². The lowest BCUT2D eigenvalue weighted by atomic mass is 9.95. The third-order valence-corrected chi connectivity index (χ3v) is 5.07. The van der Waals surface area contributed by atoms with Gasteiger partial charge >= 0.3 is 0 Å². The Morgan fingerprint density at radius 3 is 2.83 bits per heavy atom. The molecule has 104 valence electrons. The van der Waals surface area contributed by atoms with Crippen molar-refractivity contribution >= 4 is 17.7 Å². The number of amides is 1. The molecule has 0 spiro atoms. The highest BCUT2D eigenvalue weighted by Gasteiger charge is 2.31. The summed E-state index contributed by atoms with van der Waals surface area (Å²) in [6, 6.07) is 0. The van der Waals surface area contributed by atoms with Gasteiger partial charge < -0.3 is 11.1 Å². The van der Waals surface area contributed by atoms with Gasteiger partial charge in [-0.1, -0.05) is 6.42 Å². The van der Waals surface area contributed by atoms with Crippen molar-refractivity contribution in [2.45, 2.75) is 19.3 Å². The minimum atomic E-state index is 0.173. The lowest BCUT2D eigenvalue weighted by molar-refractivity contribution is -0.126. The number of hydrogen-bond donors (Lipinski definition) is 2. The molecule has 2 rings (SSSR count). The molecule has 0 aromatic heterocycles. The van der Waals surface area contributed by atoms with Gasteiger partial charge in [-0.2, -0.15) is 11.8 Å². The molecule has 3 N–H and O–H groups in total. The first kappa shape index (κ1) is 14.2. The Balaban J connectivity index is 1.64. The van der Waals surface area contributed by atoms with Gasteiger partial charge in [-0.3, -0.25) is 9.69 Å². The number of carbonyl (C=O) groups excluding carboxylic acids is 1. The maximum Gasteiger partial charge on any atom is 0.223 e. The lowest BCUT2D eigenvalue weighted by Crippen LogP contribution is -2.41. The van der Waals surface area contributed by atoms with E-state index in [0.717, 1.165) is 45.4 Å². The fraction of sp³-hybridized carbons (Fsp3) is 0.923. The Morgan fingerprint density at radius 1 is 1.33 bits per heavy atom. The third-order valence-electron chi connectivity index (χ3n) is 4.13. The highest BCUT2D eigenvalue weighted by molar-refractivity contribution is 7.99. The van der Waals surface area contributed by atoms with E-state index in [9.17, 15) is 4.79 Å². The van der Waals surface area contributed by atoms with Gasteiger partial charge in [0.05, 0.1) is 0 Å². The third kappa shape index (κ3) is 3.87. The number of nitrogens with one attached hydrogen (secondary N) is 1. The van der Waals surface area contributed by atoms with Crippen LogP contribution in [0.15, 0.2) is 0 Å². The molecule has 2 unspecified atom stereocenters. The van der Waals surface area contributed by atoms with Gasteiger partial charge in [-0.25, -0.2) is 0 Å². The SMILES string of the molecule is NCC1CCCC1C(=O)NCCN1CCSCC1. The van der Waals surface area contributed by atoms with Gasteiger partial charge in [0.1, 0.15) is 0 Å². The monoisotopic (exact) mass is 271 g/mol. The Kier molecular flexibility index (Phi) is 5.79. The minimum Gasteiger partial charge on any atom is -0.355 e. The van der Waals surface area contributed by atoms with Crippen LogP contribution in [0.4, 0.5) is 0 Å². The fourth-order valence-electron chi connectivity index (χ4n) is 2.96. The molecular weight excluding hydrogens is 246 g/mol. The fourth-order valence-corrected chi connectivity index (χ4v) is 3.94. The first-order chi connectivity index (χ1) is 8.81. The first-order valence-electron chi connectivity index (χ1n) is 7.09. The second kappa shape index (κ2) is 7.36. The van der Waals surface area contributed by atoms with Crippen LogP contribution in [0, 0.1) is 11.8 Å². The van der Waals surface area contributed by atoms with Gasteiger partial charge in [0.15, 0.2) is 0 Å². The van der Waals surface area contributed by atoms with E-state index in [1.165, 1.54) is 11.5 Å². The van der Waals surface area contributed by atoms with Crippen LogP contribution in [0.1, 0.15) is 19.3 Å². The summed E-state index contributed by atoms with van der Waals surface area (Å²) in [6.45, 7) is 4.76. The maximum atomic E-state index is 12.1. The molecule has 0 aromatic carbocycles. The number of rotatable bonds is 5. The van der Waals surface area contributed by atoms with Gasteiger partial charge in [0, 0.05) is 43.6 Å². The predicted octanol–water partition coefficient (Wildman–Crippen LogP) is 0.526. The molecule has 1 heterocycles. The molecule has 0 aromatic rings. The topological polar surface area (TPSA) is 58.4 Å². The van der Waals surface area contributed by atoms with Crippen molar-refractivity contribution in [3.63, 3.8) is 0 Å².